The average Bonchev–Trinajstić information content (AvgIpc) is 3.36. The molecule has 1 atom stereocenters. The van der Waals surface area contributed by atoms with E-state index in [4.69, 9.17) is 0 Å². The zero-order chi connectivity index (χ0) is 23.2. The zero-order valence-electron chi connectivity index (χ0n) is 17.3. The molecule has 3 aromatic rings. The number of anilines is 1. The number of thioether (sulfide) groups is 1. The van der Waals surface area contributed by atoms with Crippen LogP contribution in [0.2, 0.25) is 0 Å². The topological polar surface area (TPSA) is 64.4 Å². The quantitative estimate of drug-likeness (QED) is 0.579. The summed E-state index contributed by atoms with van der Waals surface area (Å²) in [6.45, 7) is 0.466. The monoisotopic (exact) mass is 461 g/mol. The third kappa shape index (κ3) is 3.36. The molecule has 0 unspecified atom stereocenters. The Bertz CT molecular complexity index is 1320. The minimum atomic E-state index is -1.41. The Balaban J connectivity index is 1.59. The molecule has 0 saturated carbocycles. The summed E-state index contributed by atoms with van der Waals surface area (Å²) in [7, 11) is 0. The number of carbonyl (C=O) groups is 2. The van der Waals surface area contributed by atoms with Gasteiger partial charge in [-0.2, -0.15) is 5.26 Å². The minimum Gasteiger partial charge on any atom is -0.311 e. The highest BCUT2D eigenvalue weighted by Crippen LogP contribution is 2.54. The molecule has 1 fully saturated rings. The number of nitrogens with zero attached hydrogens (tertiary/aromatic N) is 3. The van der Waals surface area contributed by atoms with Gasteiger partial charge in [0.05, 0.1) is 23.9 Å². The molecular weight excluding hydrogens is 444 g/mol. The molecule has 5 nitrogen and oxygen atoms in total. The van der Waals surface area contributed by atoms with Crippen LogP contribution in [0.15, 0.2) is 66.7 Å². The van der Waals surface area contributed by atoms with E-state index in [0.717, 1.165) is 5.56 Å². The fourth-order valence-corrected chi connectivity index (χ4v) is 5.87. The van der Waals surface area contributed by atoms with Crippen molar-refractivity contribution in [1.29, 1.82) is 5.26 Å². The van der Waals surface area contributed by atoms with Crippen LogP contribution in [0, 0.1) is 23.0 Å². The summed E-state index contributed by atoms with van der Waals surface area (Å²) in [5.41, 5.74) is 2.41. The number of hydrogen-bond donors (Lipinski definition) is 0. The Kier molecular flexibility index (Phi) is 5.14. The van der Waals surface area contributed by atoms with Crippen LogP contribution < -0.4 is 4.90 Å². The summed E-state index contributed by atoms with van der Waals surface area (Å²) >= 11 is 1.29. The molecule has 2 aliphatic heterocycles. The number of fused-ring (bicyclic) bond motifs is 2. The molecule has 1 spiro atoms. The highest BCUT2D eigenvalue weighted by Gasteiger charge is 2.59. The van der Waals surface area contributed by atoms with Crippen LogP contribution in [-0.2, 0) is 16.2 Å². The van der Waals surface area contributed by atoms with Crippen LogP contribution in [0.25, 0.3) is 0 Å². The predicted octanol–water partition coefficient (Wildman–Crippen LogP) is 4.43. The van der Waals surface area contributed by atoms with Crippen molar-refractivity contribution < 1.29 is 18.4 Å². The summed E-state index contributed by atoms with van der Waals surface area (Å²) in [6, 6.07) is 18.3. The van der Waals surface area contributed by atoms with E-state index in [0.29, 0.717) is 29.1 Å². The second-order valence-electron chi connectivity index (χ2n) is 7.82. The molecule has 0 aliphatic carbocycles. The first-order chi connectivity index (χ1) is 15.9. The van der Waals surface area contributed by atoms with Crippen molar-refractivity contribution in [3.63, 3.8) is 0 Å². The maximum Gasteiger partial charge on any atom is 0.268 e. The molecule has 2 aliphatic rings. The van der Waals surface area contributed by atoms with Crippen LogP contribution in [0.3, 0.4) is 0 Å². The van der Waals surface area contributed by atoms with E-state index >= 15 is 0 Å². The van der Waals surface area contributed by atoms with Gasteiger partial charge in [-0.3, -0.25) is 9.59 Å². The first-order valence-electron chi connectivity index (χ1n) is 10.3. The zero-order valence-corrected chi connectivity index (χ0v) is 18.1. The highest BCUT2D eigenvalue weighted by molar-refractivity contribution is 8.01. The summed E-state index contributed by atoms with van der Waals surface area (Å²) < 4.78 is 27.7. The lowest BCUT2D eigenvalue weighted by molar-refractivity contribution is -0.123. The molecule has 164 valence electrons. The molecule has 0 radical (unpaired) electrons. The number of halogens is 2. The van der Waals surface area contributed by atoms with Crippen LogP contribution in [0.5, 0.6) is 0 Å². The second-order valence-corrected chi connectivity index (χ2v) is 9.11. The molecule has 1 saturated heterocycles. The minimum absolute atomic E-state index is 0.174. The van der Waals surface area contributed by atoms with Gasteiger partial charge in [0.25, 0.3) is 11.8 Å². The highest BCUT2D eigenvalue weighted by atomic mass is 32.2. The third-order valence-electron chi connectivity index (χ3n) is 5.89. The lowest BCUT2D eigenvalue weighted by Crippen LogP contribution is -2.50. The number of hydrogen-bond acceptors (Lipinski definition) is 4. The number of carbonyl (C=O) groups excluding carboxylic acids is 2. The van der Waals surface area contributed by atoms with Crippen LogP contribution in [-0.4, -0.2) is 29.0 Å². The predicted molar refractivity (Wildman–Crippen MR) is 120 cm³/mol. The second kappa shape index (κ2) is 8.01. The summed E-state index contributed by atoms with van der Waals surface area (Å²) in [4.78, 5) is 28.9. The van der Waals surface area contributed by atoms with Gasteiger partial charge in [-0.05, 0) is 60.2 Å². The molecule has 8 heteroatoms. The van der Waals surface area contributed by atoms with Crippen molar-refractivity contribution in [1.82, 2.24) is 4.90 Å². The lowest BCUT2D eigenvalue weighted by atomic mass is 10.0. The third-order valence-corrected chi connectivity index (χ3v) is 7.31. The Morgan fingerprint density at radius 1 is 1.06 bits per heavy atom. The van der Waals surface area contributed by atoms with Crippen molar-refractivity contribution in [2.45, 2.75) is 11.4 Å². The van der Waals surface area contributed by atoms with E-state index in [1.165, 1.54) is 58.0 Å². The number of benzene rings is 3. The summed E-state index contributed by atoms with van der Waals surface area (Å²) in [5.74, 6) is -1.24. The standard InChI is InChI=1S/C25H17F2N3O2S/c26-19-6-4-18(5-7-19)23(31)30-10-11-33-25(30)21-13-20(27)8-9-22(21)29(24(25)32)15-17-3-1-2-16(12-17)14-28/h1-9,12-13H,10-11,15H2/t25-/m1/s1. The van der Waals surface area contributed by atoms with Crippen LogP contribution in [0.4, 0.5) is 14.5 Å². The smallest absolute Gasteiger partial charge is 0.268 e. The van der Waals surface area contributed by atoms with E-state index in [1.54, 1.807) is 24.3 Å². The first-order valence-corrected chi connectivity index (χ1v) is 11.2. The summed E-state index contributed by atoms with van der Waals surface area (Å²) in [5, 5.41) is 9.21. The van der Waals surface area contributed by atoms with Crippen molar-refractivity contribution in [3.8, 4) is 6.07 Å². The number of amides is 2. The van der Waals surface area contributed by atoms with Gasteiger partial charge in [0.1, 0.15) is 11.6 Å². The van der Waals surface area contributed by atoms with E-state index in [2.05, 4.69) is 6.07 Å². The van der Waals surface area contributed by atoms with Gasteiger partial charge in [-0.1, -0.05) is 12.1 Å². The van der Waals surface area contributed by atoms with Crippen LogP contribution >= 0.6 is 11.8 Å². The van der Waals surface area contributed by atoms with Gasteiger partial charge in [-0.15, -0.1) is 11.8 Å². The van der Waals surface area contributed by atoms with Gasteiger partial charge in [0.2, 0.25) is 0 Å². The van der Waals surface area contributed by atoms with E-state index in [-0.39, 0.29) is 18.0 Å². The maximum atomic E-state index is 14.4. The average molecular weight is 461 g/mol. The Morgan fingerprint density at radius 2 is 1.82 bits per heavy atom. The van der Waals surface area contributed by atoms with Gasteiger partial charge in [-0.25, -0.2) is 8.78 Å². The van der Waals surface area contributed by atoms with Crippen molar-refractivity contribution in [2.24, 2.45) is 0 Å². The van der Waals surface area contributed by atoms with Crippen molar-refractivity contribution >= 4 is 29.3 Å². The SMILES string of the molecule is N#Cc1cccc(CN2C(=O)[C@]3(SCCN3C(=O)c3ccc(F)cc3)c3cc(F)ccc32)c1. The molecule has 0 N–H and O–H groups in total. The van der Waals surface area contributed by atoms with Gasteiger partial charge < -0.3 is 9.80 Å². The van der Waals surface area contributed by atoms with Gasteiger partial charge in [0.15, 0.2) is 4.87 Å². The molecular formula is C25H17F2N3O2S. The van der Waals surface area contributed by atoms with E-state index in [9.17, 15) is 23.6 Å². The van der Waals surface area contributed by atoms with Crippen LogP contribution in [0.1, 0.15) is 27.0 Å². The molecule has 0 aromatic heterocycles. The largest absolute Gasteiger partial charge is 0.311 e. The Hall–Kier alpha value is -3.70. The molecule has 3 aromatic carbocycles. The molecule has 2 amide bonds. The molecule has 2 heterocycles. The Morgan fingerprint density at radius 3 is 2.58 bits per heavy atom. The summed E-state index contributed by atoms with van der Waals surface area (Å²) in [6.07, 6.45) is 0. The van der Waals surface area contributed by atoms with Crippen molar-refractivity contribution in [3.05, 3.63) is 101 Å². The van der Waals surface area contributed by atoms with E-state index < -0.39 is 22.4 Å². The first kappa shape index (κ1) is 21.2. The van der Waals surface area contributed by atoms with E-state index in [1.807, 2.05) is 6.07 Å². The number of nitriles is 1. The molecule has 33 heavy (non-hydrogen) atoms. The fraction of sp³-hybridized carbons (Fsp3) is 0.160. The number of rotatable bonds is 3. The molecule has 0 bridgehead atoms. The molecule has 5 rings (SSSR count). The lowest BCUT2D eigenvalue weighted by Gasteiger charge is -2.33. The Labute approximate surface area is 193 Å². The fourth-order valence-electron chi connectivity index (χ4n) is 4.41. The van der Waals surface area contributed by atoms with Crippen molar-refractivity contribution in [2.75, 3.05) is 17.2 Å². The maximum absolute atomic E-state index is 14.4. The van der Waals surface area contributed by atoms with Gasteiger partial charge >= 0.3 is 0 Å². The van der Waals surface area contributed by atoms with Gasteiger partial charge in [0, 0.05) is 23.4 Å². The normalized spacial score (nSPS) is 19.1.